The normalized spacial score (nSPS) is 17.2. The predicted octanol–water partition coefficient (Wildman–Crippen LogP) is 5.53. The zero-order chi connectivity index (χ0) is 17.6. The van der Waals surface area contributed by atoms with Crippen LogP contribution in [0.25, 0.3) is 10.4 Å². The van der Waals surface area contributed by atoms with Crippen molar-refractivity contribution in [3.63, 3.8) is 0 Å². The molecule has 0 amide bonds. The Kier molecular flexibility index (Phi) is 5.68. The molecule has 3 heteroatoms. The van der Waals surface area contributed by atoms with Crippen molar-refractivity contribution in [3.05, 3.63) is 77.2 Å². The maximum atomic E-state index is 5.95. The maximum absolute atomic E-state index is 5.95. The van der Waals surface area contributed by atoms with E-state index in [0.717, 1.165) is 25.3 Å². The molecule has 1 aromatic heterocycles. The van der Waals surface area contributed by atoms with Gasteiger partial charge in [-0.15, -0.1) is 11.3 Å². The first kappa shape index (κ1) is 17.3. The van der Waals surface area contributed by atoms with Crippen molar-refractivity contribution < 1.29 is 4.74 Å². The van der Waals surface area contributed by atoms with Gasteiger partial charge in [-0.2, -0.15) is 0 Å². The maximum Gasteiger partial charge on any atom is 0.119 e. The van der Waals surface area contributed by atoms with E-state index in [2.05, 4.69) is 71.4 Å². The van der Waals surface area contributed by atoms with Gasteiger partial charge in [0.25, 0.3) is 0 Å². The number of thiophene rings is 1. The molecule has 0 bridgehead atoms. The summed E-state index contributed by atoms with van der Waals surface area (Å²) in [4.78, 5) is 1.32. The van der Waals surface area contributed by atoms with Gasteiger partial charge in [0.05, 0.1) is 0 Å². The molecule has 1 N–H and O–H groups in total. The molecule has 3 aromatic rings. The minimum atomic E-state index is 0.505. The number of benzene rings is 2. The summed E-state index contributed by atoms with van der Waals surface area (Å²) >= 11 is 1.78. The molecule has 0 radical (unpaired) electrons. The van der Waals surface area contributed by atoms with Gasteiger partial charge in [-0.25, -0.2) is 0 Å². The van der Waals surface area contributed by atoms with Crippen LogP contribution >= 0.6 is 11.3 Å². The van der Waals surface area contributed by atoms with Crippen molar-refractivity contribution in [3.8, 4) is 16.2 Å². The SMILES string of the molecule is c1csc(-c2ccc(Cc3ccc(OC[C@@H]4CCCCN4)cc3)cc2)c1. The number of ether oxygens (including phenoxy) is 1. The van der Waals surface area contributed by atoms with Gasteiger partial charge < -0.3 is 10.1 Å². The van der Waals surface area contributed by atoms with Gasteiger partial charge in [-0.3, -0.25) is 0 Å². The Bertz CT molecular complexity index is 787. The minimum absolute atomic E-state index is 0.505. The minimum Gasteiger partial charge on any atom is -0.492 e. The average Bonchev–Trinajstić information content (AvgIpc) is 3.24. The van der Waals surface area contributed by atoms with Gasteiger partial charge in [0.15, 0.2) is 0 Å². The van der Waals surface area contributed by atoms with E-state index in [9.17, 15) is 0 Å². The summed E-state index contributed by atoms with van der Waals surface area (Å²) < 4.78 is 5.95. The van der Waals surface area contributed by atoms with Crippen molar-refractivity contribution in [2.75, 3.05) is 13.2 Å². The van der Waals surface area contributed by atoms with E-state index in [0.29, 0.717) is 6.04 Å². The van der Waals surface area contributed by atoms with Crippen LogP contribution in [0.2, 0.25) is 0 Å². The Morgan fingerprint density at radius 1 is 0.923 bits per heavy atom. The monoisotopic (exact) mass is 363 g/mol. The Hall–Kier alpha value is -2.10. The number of rotatable bonds is 6. The van der Waals surface area contributed by atoms with Crippen LogP contribution in [0.3, 0.4) is 0 Å². The quantitative estimate of drug-likeness (QED) is 0.622. The van der Waals surface area contributed by atoms with Crippen LogP contribution in [0.15, 0.2) is 66.0 Å². The van der Waals surface area contributed by atoms with Crippen LogP contribution in [0.4, 0.5) is 0 Å². The Labute approximate surface area is 159 Å². The predicted molar refractivity (Wildman–Crippen MR) is 110 cm³/mol. The van der Waals surface area contributed by atoms with E-state index in [1.54, 1.807) is 11.3 Å². The molecule has 26 heavy (non-hydrogen) atoms. The summed E-state index contributed by atoms with van der Waals surface area (Å²) in [7, 11) is 0. The standard InChI is InChI=1S/C23H25NOS/c1-2-14-24-21(4-1)17-25-22-12-8-19(9-13-22)16-18-6-10-20(11-7-18)23-5-3-15-26-23/h3,5-13,15,21,24H,1-2,4,14,16-17H2/t21-/m0/s1. The van der Waals surface area contributed by atoms with Crippen molar-refractivity contribution >= 4 is 11.3 Å². The third-order valence-corrected chi connectivity index (χ3v) is 5.87. The summed E-state index contributed by atoms with van der Waals surface area (Å²) in [5.41, 5.74) is 3.95. The smallest absolute Gasteiger partial charge is 0.119 e. The second kappa shape index (κ2) is 8.52. The number of nitrogens with one attached hydrogen (secondary N) is 1. The van der Waals surface area contributed by atoms with Gasteiger partial charge in [0.2, 0.25) is 0 Å². The third kappa shape index (κ3) is 4.54. The lowest BCUT2D eigenvalue weighted by Gasteiger charge is -2.23. The molecule has 0 spiro atoms. The molecule has 1 atom stereocenters. The molecule has 4 rings (SSSR count). The fourth-order valence-electron chi connectivity index (χ4n) is 3.43. The lowest BCUT2D eigenvalue weighted by Crippen LogP contribution is -2.38. The molecule has 0 unspecified atom stereocenters. The molecular weight excluding hydrogens is 338 g/mol. The van der Waals surface area contributed by atoms with Gasteiger partial charge in [-0.05, 0) is 66.1 Å². The topological polar surface area (TPSA) is 21.3 Å². The fraction of sp³-hybridized carbons (Fsp3) is 0.304. The molecule has 0 saturated carbocycles. The molecular formula is C23H25NOS. The lowest BCUT2D eigenvalue weighted by atomic mass is 10.0. The van der Waals surface area contributed by atoms with Crippen LogP contribution in [-0.4, -0.2) is 19.2 Å². The third-order valence-electron chi connectivity index (χ3n) is 4.95. The van der Waals surface area contributed by atoms with Crippen LogP contribution in [0, 0.1) is 0 Å². The zero-order valence-corrected chi connectivity index (χ0v) is 15.8. The van der Waals surface area contributed by atoms with Crippen molar-refractivity contribution in [1.29, 1.82) is 0 Å². The molecule has 2 aromatic carbocycles. The molecule has 1 aliphatic heterocycles. The van der Waals surface area contributed by atoms with Gasteiger partial charge in [0.1, 0.15) is 12.4 Å². The summed E-state index contributed by atoms with van der Waals surface area (Å²) in [5, 5.41) is 5.65. The summed E-state index contributed by atoms with van der Waals surface area (Å²) in [6.07, 6.45) is 4.78. The largest absolute Gasteiger partial charge is 0.492 e. The van der Waals surface area contributed by atoms with Crippen molar-refractivity contribution in [1.82, 2.24) is 5.32 Å². The molecule has 1 saturated heterocycles. The molecule has 1 aliphatic rings. The average molecular weight is 364 g/mol. The Balaban J connectivity index is 1.32. The Morgan fingerprint density at radius 2 is 1.69 bits per heavy atom. The van der Waals surface area contributed by atoms with Crippen LogP contribution in [0.1, 0.15) is 30.4 Å². The van der Waals surface area contributed by atoms with Gasteiger partial charge in [-0.1, -0.05) is 48.9 Å². The molecule has 1 fully saturated rings. The van der Waals surface area contributed by atoms with Crippen LogP contribution in [0.5, 0.6) is 5.75 Å². The van der Waals surface area contributed by atoms with E-state index >= 15 is 0 Å². The number of hydrogen-bond acceptors (Lipinski definition) is 3. The molecule has 2 heterocycles. The first-order valence-electron chi connectivity index (χ1n) is 9.45. The van der Waals surface area contributed by atoms with E-state index in [1.165, 1.54) is 40.8 Å². The van der Waals surface area contributed by atoms with Crippen molar-refractivity contribution in [2.24, 2.45) is 0 Å². The Morgan fingerprint density at radius 3 is 2.35 bits per heavy atom. The highest BCUT2D eigenvalue weighted by Gasteiger charge is 2.12. The van der Waals surface area contributed by atoms with Gasteiger partial charge >= 0.3 is 0 Å². The first-order chi connectivity index (χ1) is 12.9. The summed E-state index contributed by atoms with van der Waals surface area (Å²) in [6.45, 7) is 1.89. The molecule has 134 valence electrons. The zero-order valence-electron chi connectivity index (χ0n) is 15.0. The highest BCUT2D eigenvalue weighted by molar-refractivity contribution is 7.13. The second-order valence-corrected chi connectivity index (χ2v) is 7.90. The summed E-state index contributed by atoms with van der Waals surface area (Å²) in [6, 6.07) is 22.2. The number of piperidine rings is 1. The molecule has 2 nitrogen and oxygen atoms in total. The van der Waals surface area contributed by atoms with Crippen LogP contribution in [-0.2, 0) is 6.42 Å². The van der Waals surface area contributed by atoms with Crippen molar-refractivity contribution in [2.45, 2.75) is 31.7 Å². The van der Waals surface area contributed by atoms with Gasteiger partial charge in [0, 0.05) is 10.9 Å². The van der Waals surface area contributed by atoms with E-state index < -0.39 is 0 Å². The molecule has 0 aliphatic carbocycles. The second-order valence-electron chi connectivity index (χ2n) is 6.95. The summed E-state index contributed by atoms with van der Waals surface area (Å²) in [5.74, 6) is 0.967. The lowest BCUT2D eigenvalue weighted by molar-refractivity contribution is 0.239. The van der Waals surface area contributed by atoms with E-state index in [4.69, 9.17) is 4.74 Å². The first-order valence-corrected chi connectivity index (χ1v) is 10.3. The van der Waals surface area contributed by atoms with E-state index in [-0.39, 0.29) is 0 Å². The number of hydrogen-bond donors (Lipinski definition) is 1. The highest BCUT2D eigenvalue weighted by Crippen LogP contribution is 2.25. The fourth-order valence-corrected chi connectivity index (χ4v) is 4.17. The van der Waals surface area contributed by atoms with E-state index in [1.807, 2.05) is 0 Å². The highest BCUT2D eigenvalue weighted by atomic mass is 32.1. The van der Waals surface area contributed by atoms with Crippen LogP contribution < -0.4 is 10.1 Å².